The summed E-state index contributed by atoms with van der Waals surface area (Å²) in [6.45, 7) is 5.62. The SMILES string of the molecule is Cc1csc(N2CCC(CC(=O)NC3CCOCC3)CC2)n1. The number of anilines is 1. The number of ether oxygens (including phenoxy) is 1. The molecule has 0 atom stereocenters. The van der Waals surface area contributed by atoms with E-state index < -0.39 is 0 Å². The third kappa shape index (κ3) is 4.20. The molecule has 2 aliphatic heterocycles. The van der Waals surface area contributed by atoms with Gasteiger partial charge in [0.2, 0.25) is 5.91 Å². The van der Waals surface area contributed by atoms with Crippen molar-refractivity contribution in [1.82, 2.24) is 10.3 Å². The molecule has 0 unspecified atom stereocenters. The number of carbonyl (C=O) groups excluding carboxylic acids is 1. The zero-order valence-electron chi connectivity index (χ0n) is 13.2. The highest BCUT2D eigenvalue weighted by molar-refractivity contribution is 7.13. The summed E-state index contributed by atoms with van der Waals surface area (Å²) < 4.78 is 5.33. The Kier molecular flexibility index (Phi) is 5.31. The molecule has 2 fully saturated rings. The minimum atomic E-state index is 0.218. The number of rotatable bonds is 4. The lowest BCUT2D eigenvalue weighted by atomic mass is 9.93. The van der Waals surface area contributed by atoms with Crippen molar-refractivity contribution in [2.75, 3.05) is 31.2 Å². The summed E-state index contributed by atoms with van der Waals surface area (Å²) in [6.07, 6.45) is 4.74. The monoisotopic (exact) mass is 323 g/mol. The second-order valence-electron chi connectivity index (χ2n) is 6.36. The molecule has 0 spiro atoms. The lowest BCUT2D eigenvalue weighted by Gasteiger charge is -2.32. The first kappa shape index (κ1) is 15.7. The van der Waals surface area contributed by atoms with Gasteiger partial charge in [0.1, 0.15) is 0 Å². The molecule has 22 heavy (non-hydrogen) atoms. The Morgan fingerprint density at radius 2 is 2.09 bits per heavy atom. The van der Waals surface area contributed by atoms with Gasteiger partial charge in [0.15, 0.2) is 5.13 Å². The highest BCUT2D eigenvalue weighted by atomic mass is 32.1. The molecule has 0 bridgehead atoms. The minimum Gasteiger partial charge on any atom is -0.381 e. The zero-order valence-corrected chi connectivity index (χ0v) is 14.0. The third-order valence-corrected chi connectivity index (χ3v) is 5.57. The molecule has 2 saturated heterocycles. The summed E-state index contributed by atoms with van der Waals surface area (Å²) in [5.41, 5.74) is 1.10. The molecule has 3 rings (SSSR count). The van der Waals surface area contributed by atoms with Crippen LogP contribution in [0, 0.1) is 12.8 Å². The molecule has 0 aliphatic carbocycles. The van der Waals surface area contributed by atoms with Gasteiger partial charge in [-0.2, -0.15) is 0 Å². The lowest BCUT2D eigenvalue weighted by molar-refractivity contribution is -0.123. The first-order valence-electron chi connectivity index (χ1n) is 8.25. The maximum absolute atomic E-state index is 12.2. The Morgan fingerprint density at radius 1 is 1.36 bits per heavy atom. The number of aryl methyl sites for hydroxylation is 1. The van der Waals surface area contributed by atoms with Crippen molar-refractivity contribution in [3.8, 4) is 0 Å². The van der Waals surface area contributed by atoms with Crippen molar-refractivity contribution >= 4 is 22.4 Å². The number of thiazole rings is 1. The number of nitrogens with one attached hydrogen (secondary N) is 1. The van der Waals surface area contributed by atoms with Crippen LogP contribution in [-0.4, -0.2) is 43.2 Å². The quantitative estimate of drug-likeness (QED) is 0.924. The van der Waals surface area contributed by atoms with Gasteiger partial charge in [-0.25, -0.2) is 4.98 Å². The average molecular weight is 323 g/mol. The van der Waals surface area contributed by atoms with Crippen molar-refractivity contribution in [1.29, 1.82) is 0 Å². The summed E-state index contributed by atoms with van der Waals surface area (Å²) in [4.78, 5) is 19.1. The van der Waals surface area contributed by atoms with Crippen LogP contribution in [-0.2, 0) is 9.53 Å². The van der Waals surface area contributed by atoms with Crippen molar-refractivity contribution in [2.24, 2.45) is 5.92 Å². The number of aromatic nitrogens is 1. The second kappa shape index (κ2) is 7.42. The largest absolute Gasteiger partial charge is 0.381 e. The van der Waals surface area contributed by atoms with Crippen LogP contribution in [0.15, 0.2) is 5.38 Å². The number of amides is 1. The summed E-state index contributed by atoms with van der Waals surface area (Å²) in [6, 6.07) is 0.319. The molecule has 2 aliphatic rings. The van der Waals surface area contributed by atoms with Crippen LogP contribution in [0.2, 0.25) is 0 Å². The second-order valence-corrected chi connectivity index (χ2v) is 7.20. The van der Waals surface area contributed by atoms with Crippen LogP contribution in [0.25, 0.3) is 0 Å². The number of nitrogens with zero attached hydrogens (tertiary/aromatic N) is 2. The van der Waals surface area contributed by atoms with Gasteiger partial charge in [-0.15, -0.1) is 11.3 Å². The fraction of sp³-hybridized carbons (Fsp3) is 0.750. The normalized spacial score (nSPS) is 21.0. The van der Waals surface area contributed by atoms with Gasteiger partial charge in [-0.3, -0.25) is 4.79 Å². The number of carbonyl (C=O) groups is 1. The molecule has 0 aromatic carbocycles. The molecular formula is C16H25N3O2S. The fourth-order valence-corrected chi connectivity index (χ4v) is 4.06. The van der Waals surface area contributed by atoms with E-state index in [-0.39, 0.29) is 5.91 Å². The first-order valence-corrected chi connectivity index (χ1v) is 9.13. The van der Waals surface area contributed by atoms with Crippen LogP contribution in [0.4, 0.5) is 5.13 Å². The van der Waals surface area contributed by atoms with Crippen molar-refractivity contribution < 1.29 is 9.53 Å². The van der Waals surface area contributed by atoms with Crippen LogP contribution in [0.3, 0.4) is 0 Å². The molecule has 1 aromatic rings. The molecule has 6 heteroatoms. The van der Waals surface area contributed by atoms with Gasteiger partial charge in [0.05, 0.1) is 5.69 Å². The van der Waals surface area contributed by atoms with Gasteiger partial charge in [-0.1, -0.05) is 0 Å². The van der Waals surface area contributed by atoms with E-state index in [1.165, 1.54) is 0 Å². The third-order valence-electron chi connectivity index (χ3n) is 4.55. The highest BCUT2D eigenvalue weighted by Crippen LogP contribution is 2.27. The molecule has 122 valence electrons. The molecule has 3 heterocycles. The molecular weight excluding hydrogens is 298 g/mol. The Hall–Kier alpha value is -1.14. The standard InChI is InChI=1S/C16H25N3O2S/c1-12-11-22-16(17-12)19-6-2-13(3-7-19)10-15(20)18-14-4-8-21-9-5-14/h11,13-14H,2-10H2,1H3,(H,18,20). The van der Waals surface area contributed by atoms with Crippen molar-refractivity contribution in [3.05, 3.63) is 11.1 Å². The predicted molar refractivity (Wildman–Crippen MR) is 88.4 cm³/mol. The Morgan fingerprint density at radius 3 is 2.73 bits per heavy atom. The zero-order chi connectivity index (χ0) is 15.4. The van der Waals surface area contributed by atoms with Gasteiger partial charge in [0.25, 0.3) is 0 Å². The molecule has 0 saturated carbocycles. The average Bonchev–Trinajstić information content (AvgIpc) is 2.95. The number of piperidine rings is 1. The van der Waals surface area contributed by atoms with Gasteiger partial charge in [-0.05, 0) is 38.5 Å². The predicted octanol–water partition coefficient (Wildman–Crippen LogP) is 2.35. The first-order chi connectivity index (χ1) is 10.7. The fourth-order valence-electron chi connectivity index (χ4n) is 3.21. The highest BCUT2D eigenvalue weighted by Gasteiger charge is 2.24. The molecule has 0 radical (unpaired) electrons. The van der Waals surface area contributed by atoms with E-state index in [0.717, 1.165) is 62.8 Å². The smallest absolute Gasteiger partial charge is 0.220 e. The Balaban J connectivity index is 1.40. The molecule has 1 aromatic heterocycles. The van der Waals surface area contributed by atoms with Gasteiger partial charge >= 0.3 is 0 Å². The lowest BCUT2D eigenvalue weighted by Crippen LogP contribution is -2.41. The Labute approximate surface area is 136 Å². The van der Waals surface area contributed by atoms with E-state index in [1.807, 2.05) is 6.92 Å². The summed E-state index contributed by atoms with van der Waals surface area (Å²) in [5.74, 6) is 0.729. The van der Waals surface area contributed by atoms with Crippen LogP contribution in [0.5, 0.6) is 0 Å². The molecule has 5 nitrogen and oxygen atoms in total. The van der Waals surface area contributed by atoms with Gasteiger partial charge in [0, 0.05) is 44.1 Å². The van der Waals surface area contributed by atoms with E-state index >= 15 is 0 Å². The van der Waals surface area contributed by atoms with E-state index in [1.54, 1.807) is 11.3 Å². The minimum absolute atomic E-state index is 0.218. The molecule has 1 N–H and O–H groups in total. The summed E-state index contributed by atoms with van der Waals surface area (Å²) in [7, 11) is 0. The van der Waals surface area contributed by atoms with Gasteiger partial charge < -0.3 is 15.0 Å². The van der Waals surface area contributed by atoms with E-state index in [0.29, 0.717) is 18.4 Å². The topological polar surface area (TPSA) is 54.5 Å². The van der Waals surface area contributed by atoms with Crippen LogP contribution in [0.1, 0.15) is 37.8 Å². The summed E-state index contributed by atoms with van der Waals surface area (Å²) >= 11 is 1.72. The van der Waals surface area contributed by atoms with Crippen LogP contribution >= 0.6 is 11.3 Å². The molecule has 1 amide bonds. The maximum atomic E-state index is 12.2. The van der Waals surface area contributed by atoms with E-state index in [4.69, 9.17) is 4.74 Å². The number of hydrogen-bond acceptors (Lipinski definition) is 5. The Bertz CT molecular complexity index is 491. The van der Waals surface area contributed by atoms with Crippen molar-refractivity contribution in [2.45, 2.75) is 45.1 Å². The summed E-state index contributed by atoms with van der Waals surface area (Å²) in [5, 5.41) is 6.40. The van der Waals surface area contributed by atoms with E-state index in [9.17, 15) is 4.79 Å². The maximum Gasteiger partial charge on any atom is 0.220 e. The van der Waals surface area contributed by atoms with Crippen molar-refractivity contribution in [3.63, 3.8) is 0 Å². The van der Waals surface area contributed by atoms with Crippen LogP contribution < -0.4 is 10.2 Å². The van der Waals surface area contributed by atoms with E-state index in [2.05, 4.69) is 20.6 Å². The number of hydrogen-bond donors (Lipinski definition) is 1.